The van der Waals surface area contributed by atoms with Crippen LogP contribution in [0.5, 0.6) is 0 Å². The molecule has 0 aromatic heterocycles. The molecule has 0 aromatic rings. The fourth-order valence-corrected chi connectivity index (χ4v) is 2.26. The second-order valence-corrected chi connectivity index (χ2v) is 6.11. The molecule has 0 bridgehead atoms. The number of urea groups is 1. The highest BCUT2D eigenvalue weighted by Crippen LogP contribution is 2.34. The van der Waals surface area contributed by atoms with Gasteiger partial charge in [-0.05, 0) is 32.1 Å². The molecule has 1 aliphatic rings. The lowest BCUT2D eigenvalue weighted by Gasteiger charge is -2.34. The monoisotopic (exact) mass is 256 g/mol. The van der Waals surface area contributed by atoms with Crippen molar-refractivity contribution in [3.05, 3.63) is 0 Å². The predicted octanol–water partition coefficient (Wildman–Crippen LogP) is 2.12. The van der Waals surface area contributed by atoms with Crippen molar-refractivity contribution >= 4 is 12.0 Å². The number of amides is 2. The summed E-state index contributed by atoms with van der Waals surface area (Å²) >= 11 is 0. The molecule has 5 nitrogen and oxygen atoms in total. The predicted molar refractivity (Wildman–Crippen MR) is 69.4 cm³/mol. The molecule has 1 saturated carbocycles. The van der Waals surface area contributed by atoms with Crippen LogP contribution in [0.15, 0.2) is 0 Å². The summed E-state index contributed by atoms with van der Waals surface area (Å²) in [5.74, 6) is -1.04. The summed E-state index contributed by atoms with van der Waals surface area (Å²) in [6, 6.07) is -0.408. The Morgan fingerprint density at radius 1 is 1.22 bits per heavy atom. The van der Waals surface area contributed by atoms with Gasteiger partial charge in [0.25, 0.3) is 0 Å². The van der Waals surface area contributed by atoms with Gasteiger partial charge in [0, 0.05) is 6.54 Å². The van der Waals surface area contributed by atoms with E-state index < -0.39 is 17.5 Å². The molecule has 0 unspecified atom stereocenters. The van der Waals surface area contributed by atoms with Crippen molar-refractivity contribution in [1.29, 1.82) is 0 Å². The van der Waals surface area contributed by atoms with E-state index in [2.05, 4.69) is 17.6 Å². The fourth-order valence-electron chi connectivity index (χ4n) is 2.26. The van der Waals surface area contributed by atoms with Crippen LogP contribution in [-0.2, 0) is 4.79 Å². The molecule has 104 valence electrons. The minimum Gasteiger partial charge on any atom is -0.480 e. The number of carboxylic acids is 1. The number of aliphatic carboxylic acids is 1. The number of nitrogens with one attached hydrogen (secondary N) is 2. The molecule has 1 fully saturated rings. The van der Waals surface area contributed by atoms with Gasteiger partial charge < -0.3 is 15.7 Å². The van der Waals surface area contributed by atoms with Crippen LogP contribution in [0.2, 0.25) is 0 Å². The number of carbonyl (C=O) groups is 2. The summed E-state index contributed by atoms with van der Waals surface area (Å²) in [6.45, 7) is 5.72. The number of hydrogen-bond donors (Lipinski definition) is 3. The van der Waals surface area contributed by atoms with Gasteiger partial charge in [-0.25, -0.2) is 9.59 Å². The molecular formula is C13H24N2O3. The second kappa shape index (κ2) is 5.59. The maximum atomic E-state index is 11.7. The molecule has 0 heterocycles. The van der Waals surface area contributed by atoms with Gasteiger partial charge in [-0.1, -0.05) is 26.2 Å². The first-order chi connectivity index (χ1) is 8.25. The van der Waals surface area contributed by atoms with Crippen LogP contribution in [-0.4, -0.2) is 29.2 Å². The van der Waals surface area contributed by atoms with Crippen LogP contribution in [0.25, 0.3) is 0 Å². The third kappa shape index (κ3) is 4.20. The van der Waals surface area contributed by atoms with Gasteiger partial charge >= 0.3 is 12.0 Å². The van der Waals surface area contributed by atoms with E-state index in [1.54, 1.807) is 0 Å². The molecule has 0 aromatic carbocycles. The van der Waals surface area contributed by atoms with Crippen molar-refractivity contribution in [2.45, 2.75) is 58.4 Å². The Bertz CT molecular complexity index is 320. The summed E-state index contributed by atoms with van der Waals surface area (Å²) in [5.41, 5.74) is -1.08. The van der Waals surface area contributed by atoms with E-state index in [0.29, 0.717) is 6.54 Å². The molecule has 1 rings (SSSR count). The first kappa shape index (κ1) is 14.8. The Balaban J connectivity index is 2.39. The Labute approximate surface area is 108 Å². The summed E-state index contributed by atoms with van der Waals surface area (Å²) < 4.78 is 0. The smallest absolute Gasteiger partial charge is 0.328 e. The first-order valence-corrected chi connectivity index (χ1v) is 6.55. The molecule has 1 aliphatic carbocycles. The van der Waals surface area contributed by atoms with Crippen molar-refractivity contribution in [2.24, 2.45) is 5.41 Å². The van der Waals surface area contributed by atoms with Gasteiger partial charge in [-0.2, -0.15) is 0 Å². The number of carbonyl (C=O) groups excluding carboxylic acids is 1. The highest BCUT2D eigenvalue weighted by atomic mass is 16.4. The van der Waals surface area contributed by atoms with E-state index >= 15 is 0 Å². The minimum absolute atomic E-state index is 0.156. The van der Waals surface area contributed by atoms with E-state index in [-0.39, 0.29) is 5.41 Å². The maximum absolute atomic E-state index is 11.7. The zero-order chi connectivity index (χ0) is 13.8. The van der Waals surface area contributed by atoms with Crippen LogP contribution in [0, 0.1) is 5.41 Å². The van der Waals surface area contributed by atoms with E-state index in [9.17, 15) is 9.59 Å². The van der Waals surface area contributed by atoms with Crippen molar-refractivity contribution < 1.29 is 14.7 Å². The highest BCUT2D eigenvalue weighted by molar-refractivity contribution is 5.85. The SMILES string of the molecule is CC1(CNC(=O)NC(C)(C)C(=O)O)CCCCC1. The minimum atomic E-state index is -1.24. The molecule has 3 N–H and O–H groups in total. The van der Waals surface area contributed by atoms with Crippen LogP contribution in [0.3, 0.4) is 0 Å². The van der Waals surface area contributed by atoms with Gasteiger partial charge in [0.15, 0.2) is 0 Å². The van der Waals surface area contributed by atoms with Crippen LogP contribution in [0.1, 0.15) is 52.9 Å². The van der Waals surface area contributed by atoms with Crippen molar-refractivity contribution in [1.82, 2.24) is 10.6 Å². The molecule has 18 heavy (non-hydrogen) atoms. The summed E-state index contributed by atoms with van der Waals surface area (Å²) in [6.07, 6.45) is 5.93. The van der Waals surface area contributed by atoms with Gasteiger partial charge in [0.2, 0.25) is 0 Å². The Morgan fingerprint density at radius 3 is 2.28 bits per heavy atom. The molecule has 0 spiro atoms. The fraction of sp³-hybridized carbons (Fsp3) is 0.846. The van der Waals surface area contributed by atoms with E-state index in [4.69, 9.17) is 5.11 Å². The zero-order valence-corrected chi connectivity index (χ0v) is 11.5. The number of carboxylic acid groups (broad SMARTS) is 1. The molecule has 5 heteroatoms. The van der Waals surface area contributed by atoms with Gasteiger partial charge in [0.05, 0.1) is 0 Å². The van der Waals surface area contributed by atoms with Crippen LogP contribution >= 0.6 is 0 Å². The van der Waals surface area contributed by atoms with E-state index in [1.165, 1.54) is 33.1 Å². The van der Waals surface area contributed by atoms with E-state index in [0.717, 1.165) is 12.8 Å². The average molecular weight is 256 g/mol. The average Bonchev–Trinajstić information content (AvgIpc) is 2.27. The Hall–Kier alpha value is -1.26. The first-order valence-electron chi connectivity index (χ1n) is 6.55. The summed E-state index contributed by atoms with van der Waals surface area (Å²) in [5, 5.41) is 14.2. The second-order valence-electron chi connectivity index (χ2n) is 6.11. The van der Waals surface area contributed by atoms with E-state index in [1.807, 2.05) is 0 Å². The third-order valence-electron chi connectivity index (χ3n) is 3.70. The molecule has 0 radical (unpaired) electrons. The topological polar surface area (TPSA) is 78.4 Å². The van der Waals surface area contributed by atoms with Gasteiger partial charge in [-0.3, -0.25) is 0 Å². The third-order valence-corrected chi connectivity index (χ3v) is 3.70. The normalized spacial score (nSPS) is 19.1. The number of hydrogen-bond acceptors (Lipinski definition) is 2. The van der Waals surface area contributed by atoms with Crippen LogP contribution in [0.4, 0.5) is 4.79 Å². The molecule has 0 aliphatic heterocycles. The van der Waals surface area contributed by atoms with Gasteiger partial charge in [0.1, 0.15) is 5.54 Å². The Morgan fingerprint density at radius 2 is 1.78 bits per heavy atom. The molecular weight excluding hydrogens is 232 g/mol. The molecule has 2 amide bonds. The molecule has 0 atom stereocenters. The molecule has 0 saturated heterocycles. The van der Waals surface area contributed by atoms with Crippen LogP contribution < -0.4 is 10.6 Å². The lowest BCUT2D eigenvalue weighted by atomic mass is 9.76. The lowest BCUT2D eigenvalue weighted by Crippen LogP contribution is -2.54. The number of rotatable bonds is 4. The van der Waals surface area contributed by atoms with Crippen molar-refractivity contribution in [2.75, 3.05) is 6.54 Å². The highest BCUT2D eigenvalue weighted by Gasteiger charge is 2.31. The summed E-state index contributed by atoms with van der Waals surface area (Å²) in [7, 11) is 0. The maximum Gasteiger partial charge on any atom is 0.328 e. The zero-order valence-electron chi connectivity index (χ0n) is 11.5. The standard InChI is InChI=1S/C13H24N2O3/c1-12(2,10(16)17)15-11(18)14-9-13(3)7-5-4-6-8-13/h4-9H2,1-3H3,(H,16,17)(H2,14,15,18). The summed E-state index contributed by atoms with van der Waals surface area (Å²) in [4.78, 5) is 22.5. The largest absolute Gasteiger partial charge is 0.480 e. The van der Waals surface area contributed by atoms with Crippen molar-refractivity contribution in [3.8, 4) is 0 Å². The quantitative estimate of drug-likeness (QED) is 0.721. The van der Waals surface area contributed by atoms with Crippen molar-refractivity contribution in [3.63, 3.8) is 0 Å². The Kier molecular flexibility index (Phi) is 4.59. The van der Waals surface area contributed by atoms with Gasteiger partial charge in [-0.15, -0.1) is 0 Å². The lowest BCUT2D eigenvalue weighted by molar-refractivity contribution is -0.142.